The van der Waals surface area contributed by atoms with E-state index in [0.717, 1.165) is 39.9 Å². The van der Waals surface area contributed by atoms with Crippen LogP contribution in [0.3, 0.4) is 0 Å². The molecule has 0 aliphatic carbocycles. The lowest BCUT2D eigenvalue weighted by atomic mass is 10.1. The molecule has 220 valence electrons. The number of nitrogens with one attached hydrogen (secondary N) is 1. The number of hydrogen-bond acceptors (Lipinski definition) is 8. The van der Waals surface area contributed by atoms with Gasteiger partial charge in [0.05, 0.1) is 27.0 Å². The molecule has 45 heavy (non-hydrogen) atoms. The van der Waals surface area contributed by atoms with Crippen LogP contribution >= 0.6 is 11.3 Å². The van der Waals surface area contributed by atoms with Crippen LogP contribution in [-0.4, -0.2) is 36.3 Å². The second-order valence-electron chi connectivity index (χ2n) is 10.1. The molecule has 0 unspecified atom stereocenters. The Bertz CT molecular complexity index is 2250. The fourth-order valence-corrected chi connectivity index (χ4v) is 6.04. The Hall–Kier alpha value is -6.01. The Morgan fingerprint density at radius 3 is 2.44 bits per heavy atom. The van der Waals surface area contributed by atoms with E-state index in [2.05, 4.69) is 15.3 Å². The molecule has 4 aromatic heterocycles. The average Bonchev–Trinajstić information content (AvgIpc) is 3.65. The van der Waals surface area contributed by atoms with Gasteiger partial charge in [0.25, 0.3) is 5.91 Å². The third-order valence-electron chi connectivity index (χ3n) is 7.22. The standard InChI is InChI=1S/C33H23FN8O2S/c34-20-15-23(29(36)43)27-26(16-20)41-33(45-27)32(44)38-17-18-8-10-21(11-9-18)42-30(22-7-4-14-37-28(22)35)40-25-13-12-24(39-31(25)42)19-5-2-1-3-6-19/h1-16H,17H2,(H2,35,37)(H2,36,43)(H,38,44). The first-order chi connectivity index (χ1) is 21.9. The number of hydrogen-bond donors (Lipinski definition) is 3. The lowest BCUT2D eigenvalue weighted by Gasteiger charge is -2.12. The Kier molecular flexibility index (Phi) is 6.95. The minimum Gasteiger partial charge on any atom is -0.383 e. The monoisotopic (exact) mass is 614 g/mol. The number of imidazole rings is 1. The molecule has 4 heterocycles. The largest absolute Gasteiger partial charge is 0.383 e. The topological polar surface area (TPSA) is 155 Å². The molecule has 0 atom stereocenters. The maximum absolute atomic E-state index is 13.9. The highest BCUT2D eigenvalue weighted by Gasteiger charge is 2.20. The predicted molar refractivity (Wildman–Crippen MR) is 171 cm³/mol. The fraction of sp³-hybridized carbons (Fsp3) is 0.0303. The van der Waals surface area contributed by atoms with Gasteiger partial charge in [0.15, 0.2) is 16.5 Å². The summed E-state index contributed by atoms with van der Waals surface area (Å²) in [5.41, 5.74) is 17.2. The van der Waals surface area contributed by atoms with Gasteiger partial charge in [0.1, 0.15) is 17.2 Å². The highest BCUT2D eigenvalue weighted by atomic mass is 32.1. The molecule has 0 aliphatic heterocycles. The smallest absolute Gasteiger partial charge is 0.280 e. The number of carbonyl (C=O) groups excluding carboxylic acids is 2. The first kappa shape index (κ1) is 27.8. The molecule has 0 fully saturated rings. The van der Waals surface area contributed by atoms with Gasteiger partial charge in [0.2, 0.25) is 5.91 Å². The van der Waals surface area contributed by atoms with Crippen molar-refractivity contribution in [1.29, 1.82) is 0 Å². The molecule has 3 aromatic carbocycles. The number of aromatic nitrogens is 5. The Morgan fingerprint density at radius 1 is 0.889 bits per heavy atom. The van der Waals surface area contributed by atoms with Crippen LogP contribution in [0.2, 0.25) is 0 Å². The van der Waals surface area contributed by atoms with Crippen LogP contribution < -0.4 is 16.8 Å². The molecule has 0 saturated carbocycles. The number of pyridine rings is 2. The molecule has 0 radical (unpaired) electrons. The summed E-state index contributed by atoms with van der Waals surface area (Å²) < 4.78 is 16.2. The number of benzene rings is 3. The van der Waals surface area contributed by atoms with E-state index in [0.29, 0.717) is 33.1 Å². The molecular formula is C33H23FN8O2S. The second-order valence-corrected chi connectivity index (χ2v) is 11.1. The lowest BCUT2D eigenvalue weighted by Crippen LogP contribution is -2.22. The molecule has 0 spiro atoms. The number of nitrogens with two attached hydrogens (primary N) is 2. The van der Waals surface area contributed by atoms with Gasteiger partial charge in [-0.25, -0.2) is 24.3 Å². The van der Waals surface area contributed by atoms with Gasteiger partial charge < -0.3 is 16.8 Å². The number of amides is 2. The Balaban J connectivity index is 1.20. The van der Waals surface area contributed by atoms with Crippen LogP contribution in [0.5, 0.6) is 0 Å². The van der Waals surface area contributed by atoms with Crippen LogP contribution in [-0.2, 0) is 6.54 Å². The fourth-order valence-electron chi connectivity index (χ4n) is 5.06. The van der Waals surface area contributed by atoms with Crippen LogP contribution in [0.1, 0.15) is 25.7 Å². The highest BCUT2D eigenvalue weighted by molar-refractivity contribution is 7.20. The average molecular weight is 615 g/mol. The molecule has 7 aromatic rings. The molecular weight excluding hydrogens is 591 g/mol. The summed E-state index contributed by atoms with van der Waals surface area (Å²) in [7, 11) is 0. The van der Waals surface area contributed by atoms with E-state index in [1.165, 1.54) is 6.07 Å². The minimum absolute atomic E-state index is 0.0121. The van der Waals surface area contributed by atoms with E-state index in [9.17, 15) is 14.0 Å². The van der Waals surface area contributed by atoms with Crippen LogP contribution in [0.4, 0.5) is 10.2 Å². The summed E-state index contributed by atoms with van der Waals surface area (Å²) >= 11 is 0.983. The number of fused-ring (bicyclic) bond motifs is 2. The van der Waals surface area contributed by atoms with E-state index < -0.39 is 17.6 Å². The molecule has 5 N–H and O–H groups in total. The minimum atomic E-state index is -0.790. The van der Waals surface area contributed by atoms with Crippen molar-refractivity contribution in [3.8, 4) is 28.3 Å². The number of rotatable bonds is 7. The summed E-state index contributed by atoms with van der Waals surface area (Å²) in [6.07, 6.45) is 1.63. The molecule has 12 heteroatoms. The zero-order chi connectivity index (χ0) is 31.1. The SMILES string of the molecule is NC(=O)c1cc(F)cc2nc(C(=O)NCc3ccc(-n4c(-c5cccnc5N)nc5ccc(-c6ccccc6)nc54)cc3)sc12. The van der Waals surface area contributed by atoms with Crippen molar-refractivity contribution < 1.29 is 14.0 Å². The number of primary amides is 1. The van der Waals surface area contributed by atoms with E-state index in [1.807, 2.05) is 77.4 Å². The van der Waals surface area contributed by atoms with Crippen molar-refractivity contribution in [2.24, 2.45) is 5.73 Å². The predicted octanol–water partition coefficient (Wildman–Crippen LogP) is 5.51. The van der Waals surface area contributed by atoms with Crippen molar-refractivity contribution in [2.45, 2.75) is 6.54 Å². The number of thiazole rings is 1. The zero-order valence-electron chi connectivity index (χ0n) is 23.4. The molecule has 2 amide bonds. The Labute approximate surface area is 259 Å². The lowest BCUT2D eigenvalue weighted by molar-refractivity contribution is 0.0949. The normalized spacial score (nSPS) is 11.2. The van der Waals surface area contributed by atoms with Crippen molar-refractivity contribution in [3.05, 3.63) is 119 Å². The summed E-state index contributed by atoms with van der Waals surface area (Å²) in [6, 6.07) is 27.2. The number of nitrogen functional groups attached to an aromatic ring is 1. The maximum Gasteiger partial charge on any atom is 0.280 e. The van der Waals surface area contributed by atoms with Gasteiger partial charge in [-0.2, -0.15) is 0 Å². The van der Waals surface area contributed by atoms with E-state index >= 15 is 0 Å². The van der Waals surface area contributed by atoms with E-state index in [4.69, 9.17) is 21.4 Å². The third kappa shape index (κ3) is 5.23. The quantitative estimate of drug-likeness (QED) is 0.214. The van der Waals surface area contributed by atoms with Crippen LogP contribution in [0.25, 0.3) is 49.7 Å². The summed E-state index contributed by atoms with van der Waals surface area (Å²) in [4.78, 5) is 43.0. The maximum atomic E-state index is 13.9. The van der Waals surface area contributed by atoms with E-state index in [1.54, 1.807) is 12.3 Å². The summed E-state index contributed by atoms with van der Waals surface area (Å²) in [6.45, 7) is 0.204. The van der Waals surface area contributed by atoms with Crippen molar-refractivity contribution in [3.63, 3.8) is 0 Å². The van der Waals surface area contributed by atoms with Crippen molar-refractivity contribution in [1.82, 2.24) is 29.8 Å². The third-order valence-corrected chi connectivity index (χ3v) is 8.32. The van der Waals surface area contributed by atoms with Crippen molar-refractivity contribution >= 4 is 50.3 Å². The number of nitrogens with zero attached hydrogens (tertiary/aromatic N) is 5. The van der Waals surface area contributed by atoms with E-state index in [-0.39, 0.29) is 22.6 Å². The number of anilines is 1. The van der Waals surface area contributed by atoms with Gasteiger partial charge in [-0.1, -0.05) is 42.5 Å². The first-order valence-electron chi connectivity index (χ1n) is 13.8. The number of halogens is 1. The van der Waals surface area contributed by atoms with Gasteiger partial charge in [-0.15, -0.1) is 11.3 Å². The van der Waals surface area contributed by atoms with Crippen molar-refractivity contribution in [2.75, 3.05) is 5.73 Å². The molecule has 10 nitrogen and oxygen atoms in total. The summed E-state index contributed by atoms with van der Waals surface area (Å²) in [5.74, 6) is -0.959. The summed E-state index contributed by atoms with van der Waals surface area (Å²) in [5, 5.41) is 2.93. The zero-order valence-corrected chi connectivity index (χ0v) is 24.3. The molecule has 0 aliphatic rings. The first-order valence-corrected chi connectivity index (χ1v) is 14.6. The highest BCUT2D eigenvalue weighted by Crippen LogP contribution is 2.32. The Morgan fingerprint density at radius 2 is 1.69 bits per heavy atom. The van der Waals surface area contributed by atoms with Gasteiger partial charge in [-0.3, -0.25) is 14.2 Å². The molecule has 7 rings (SSSR count). The van der Waals surface area contributed by atoms with Gasteiger partial charge in [-0.05, 0) is 48.0 Å². The second kappa shape index (κ2) is 11.2. The molecule has 0 saturated heterocycles. The molecule has 0 bridgehead atoms. The van der Waals surface area contributed by atoms with Crippen LogP contribution in [0.15, 0.2) is 97.2 Å². The number of carbonyl (C=O) groups is 2. The van der Waals surface area contributed by atoms with Crippen LogP contribution in [0, 0.1) is 5.82 Å². The van der Waals surface area contributed by atoms with Gasteiger partial charge >= 0.3 is 0 Å². The van der Waals surface area contributed by atoms with Gasteiger partial charge in [0, 0.05) is 30.1 Å².